The van der Waals surface area contributed by atoms with Crippen LogP contribution in [0.25, 0.3) is 0 Å². The highest BCUT2D eigenvalue weighted by atomic mass is 16.4. The number of carboxylic acid groups (broad SMARTS) is 1. The second-order valence-corrected chi connectivity index (χ2v) is 6.04. The third kappa shape index (κ3) is 5.11. The Morgan fingerprint density at radius 2 is 1.84 bits per heavy atom. The topological polar surface area (TPSA) is 43.8 Å². The average Bonchev–Trinajstić information content (AvgIpc) is 2.83. The summed E-state index contributed by atoms with van der Waals surface area (Å²) in [6.07, 6.45) is 8.96. The molecule has 1 atom stereocenters. The minimum Gasteiger partial charge on any atom is -0.481 e. The highest BCUT2D eigenvalue weighted by molar-refractivity contribution is 5.66. The first kappa shape index (κ1) is 14.8. The molecule has 0 radical (unpaired) electrons. The molecule has 0 aliphatic carbocycles. The van der Waals surface area contributed by atoms with Gasteiger partial charge in [-0.25, -0.2) is 0 Å². The Morgan fingerprint density at radius 3 is 2.58 bits per heavy atom. The van der Waals surface area contributed by atoms with Crippen molar-refractivity contribution in [3.05, 3.63) is 0 Å². The predicted octanol–water partition coefficient (Wildman–Crippen LogP) is 2.19. The van der Waals surface area contributed by atoms with Crippen LogP contribution in [-0.4, -0.2) is 59.6 Å². The summed E-state index contributed by atoms with van der Waals surface area (Å²) < 4.78 is 0. The summed E-state index contributed by atoms with van der Waals surface area (Å²) in [4.78, 5) is 15.7. The summed E-state index contributed by atoms with van der Waals surface area (Å²) in [5, 5.41) is 8.65. The van der Waals surface area contributed by atoms with Gasteiger partial charge in [-0.15, -0.1) is 0 Å². The normalized spacial score (nSPS) is 25.8. The van der Waals surface area contributed by atoms with Crippen molar-refractivity contribution in [1.29, 1.82) is 0 Å². The molecule has 2 saturated heterocycles. The summed E-state index contributed by atoms with van der Waals surface area (Å²) in [6, 6.07) is 0.725. The number of carbonyl (C=O) groups is 1. The number of unbranched alkanes of at least 4 members (excludes halogenated alkanes) is 1. The molecular weight excluding hydrogens is 240 g/mol. The molecule has 0 amide bonds. The van der Waals surface area contributed by atoms with E-state index in [1.807, 2.05) is 0 Å². The minimum atomic E-state index is -0.661. The van der Waals surface area contributed by atoms with Crippen LogP contribution >= 0.6 is 0 Å². The van der Waals surface area contributed by atoms with Crippen molar-refractivity contribution >= 4 is 5.97 Å². The van der Waals surface area contributed by atoms with Crippen molar-refractivity contribution in [3.8, 4) is 0 Å². The zero-order valence-corrected chi connectivity index (χ0v) is 12.0. The standard InChI is InChI=1S/C15H28N2O2/c18-15(19)8-2-5-11-17-12-6-7-14(17)13-16-9-3-1-4-10-16/h14H,1-13H2,(H,18,19). The van der Waals surface area contributed by atoms with E-state index in [9.17, 15) is 4.79 Å². The molecule has 0 aromatic rings. The van der Waals surface area contributed by atoms with E-state index in [4.69, 9.17) is 5.11 Å². The quantitative estimate of drug-likeness (QED) is 0.719. The van der Waals surface area contributed by atoms with Crippen molar-refractivity contribution in [2.75, 3.05) is 32.7 Å². The third-order valence-electron chi connectivity index (χ3n) is 4.50. The molecule has 4 nitrogen and oxygen atoms in total. The summed E-state index contributed by atoms with van der Waals surface area (Å²) in [5.74, 6) is -0.661. The van der Waals surface area contributed by atoms with Gasteiger partial charge in [0, 0.05) is 19.0 Å². The van der Waals surface area contributed by atoms with Gasteiger partial charge in [0.05, 0.1) is 0 Å². The Kier molecular flexibility index (Phi) is 6.11. The van der Waals surface area contributed by atoms with Gasteiger partial charge in [-0.05, 0) is 64.7 Å². The number of hydrogen-bond donors (Lipinski definition) is 1. The Bertz CT molecular complexity index is 277. The third-order valence-corrected chi connectivity index (χ3v) is 4.50. The lowest BCUT2D eigenvalue weighted by molar-refractivity contribution is -0.137. The van der Waals surface area contributed by atoms with Crippen LogP contribution in [0.5, 0.6) is 0 Å². The van der Waals surface area contributed by atoms with Crippen LogP contribution in [0.3, 0.4) is 0 Å². The molecule has 2 fully saturated rings. The molecule has 2 heterocycles. The van der Waals surface area contributed by atoms with Crippen LogP contribution in [0.4, 0.5) is 0 Å². The van der Waals surface area contributed by atoms with E-state index in [1.54, 1.807) is 0 Å². The van der Waals surface area contributed by atoms with Gasteiger partial charge in [0.2, 0.25) is 0 Å². The highest BCUT2D eigenvalue weighted by Crippen LogP contribution is 2.20. The van der Waals surface area contributed by atoms with Crippen molar-refractivity contribution < 1.29 is 9.90 Å². The van der Waals surface area contributed by atoms with Gasteiger partial charge in [0.1, 0.15) is 0 Å². The zero-order chi connectivity index (χ0) is 13.5. The lowest BCUT2D eigenvalue weighted by Crippen LogP contribution is -2.42. The summed E-state index contributed by atoms with van der Waals surface area (Å²) >= 11 is 0. The Balaban J connectivity index is 1.66. The first-order chi connectivity index (χ1) is 9.25. The Morgan fingerprint density at radius 1 is 1.05 bits per heavy atom. The zero-order valence-electron chi connectivity index (χ0n) is 12.0. The van der Waals surface area contributed by atoms with E-state index in [1.165, 1.54) is 58.3 Å². The maximum Gasteiger partial charge on any atom is 0.303 e. The van der Waals surface area contributed by atoms with Crippen molar-refractivity contribution in [3.63, 3.8) is 0 Å². The summed E-state index contributed by atoms with van der Waals surface area (Å²) in [6.45, 7) is 6.10. The predicted molar refractivity (Wildman–Crippen MR) is 76.4 cm³/mol. The van der Waals surface area contributed by atoms with Gasteiger partial charge in [-0.1, -0.05) is 6.42 Å². The van der Waals surface area contributed by atoms with Crippen molar-refractivity contribution in [2.45, 2.75) is 57.4 Å². The highest BCUT2D eigenvalue weighted by Gasteiger charge is 2.26. The molecule has 1 N–H and O–H groups in total. The largest absolute Gasteiger partial charge is 0.481 e. The molecule has 1 unspecified atom stereocenters. The number of rotatable bonds is 7. The average molecular weight is 268 g/mol. The van der Waals surface area contributed by atoms with Crippen LogP contribution in [0.1, 0.15) is 51.4 Å². The molecule has 2 aliphatic rings. The van der Waals surface area contributed by atoms with Crippen LogP contribution in [0.2, 0.25) is 0 Å². The number of likely N-dealkylation sites (tertiary alicyclic amines) is 2. The molecular formula is C15H28N2O2. The molecule has 0 aromatic carbocycles. The number of carboxylic acids is 1. The van der Waals surface area contributed by atoms with Crippen LogP contribution in [0.15, 0.2) is 0 Å². The van der Waals surface area contributed by atoms with Crippen LogP contribution < -0.4 is 0 Å². The Labute approximate surface area is 116 Å². The van der Waals surface area contributed by atoms with Gasteiger partial charge >= 0.3 is 5.97 Å². The van der Waals surface area contributed by atoms with Crippen LogP contribution in [-0.2, 0) is 4.79 Å². The summed E-state index contributed by atoms with van der Waals surface area (Å²) in [5.41, 5.74) is 0. The molecule has 2 rings (SSSR count). The van der Waals surface area contributed by atoms with Gasteiger partial charge in [0.25, 0.3) is 0 Å². The van der Waals surface area contributed by atoms with E-state index in [-0.39, 0.29) is 0 Å². The fraction of sp³-hybridized carbons (Fsp3) is 0.933. The van der Waals surface area contributed by atoms with E-state index >= 15 is 0 Å². The van der Waals surface area contributed by atoms with Gasteiger partial charge in [-0.2, -0.15) is 0 Å². The smallest absolute Gasteiger partial charge is 0.303 e. The maximum atomic E-state index is 10.5. The molecule has 0 saturated carbocycles. The Hall–Kier alpha value is -0.610. The fourth-order valence-corrected chi connectivity index (χ4v) is 3.43. The molecule has 110 valence electrons. The van der Waals surface area contributed by atoms with Gasteiger partial charge in [0.15, 0.2) is 0 Å². The molecule has 19 heavy (non-hydrogen) atoms. The van der Waals surface area contributed by atoms with E-state index in [2.05, 4.69) is 9.80 Å². The van der Waals surface area contributed by atoms with Crippen molar-refractivity contribution in [2.24, 2.45) is 0 Å². The monoisotopic (exact) mass is 268 g/mol. The lowest BCUT2D eigenvalue weighted by atomic mass is 10.1. The number of aliphatic carboxylic acids is 1. The molecule has 4 heteroatoms. The first-order valence-corrected chi connectivity index (χ1v) is 7.94. The first-order valence-electron chi connectivity index (χ1n) is 7.94. The second kappa shape index (κ2) is 7.85. The van der Waals surface area contributed by atoms with E-state index in [0.29, 0.717) is 6.42 Å². The lowest BCUT2D eigenvalue weighted by Gasteiger charge is -2.33. The number of piperidine rings is 1. The molecule has 0 aromatic heterocycles. The summed E-state index contributed by atoms with van der Waals surface area (Å²) in [7, 11) is 0. The maximum absolute atomic E-state index is 10.5. The number of nitrogens with zero attached hydrogens (tertiary/aromatic N) is 2. The van der Waals surface area contributed by atoms with Gasteiger partial charge in [-0.3, -0.25) is 9.69 Å². The van der Waals surface area contributed by atoms with E-state index in [0.717, 1.165) is 25.4 Å². The van der Waals surface area contributed by atoms with Crippen molar-refractivity contribution in [1.82, 2.24) is 9.80 Å². The minimum absolute atomic E-state index is 0.324. The second-order valence-electron chi connectivity index (χ2n) is 6.04. The SMILES string of the molecule is O=C(O)CCCCN1CCCC1CN1CCCCC1. The van der Waals surface area contributed by atoms with E-state index < -0.39 is 5.97 Å². The molecule has 2 aliphatic heterocycles. The van der Waals surface area contributed by atoms with Crippen LogP contribution in [0, 0.1) is 0 Å². The van der Waals surface area contributed by atoms with Gasteiger partial charge < -0.3 is 10.0 Å². The molecule has 0 bridgehead atoms. The fourth-order valence-electron chi connectivity index (χ4n) is 3.43. The number of hydrogen-bond acceptors (Lipinski definition) is 3. The molecule has 0 spiro atoms.